The molecule has 208 valence electrons. The van der Waals surface area contributed by atoms with Crippen LogP contribution in [-0.4, -0.2) is 59.6 Å². The number of ether oxygens (including phenoxy) is 2. The molecule has 0 aliphatic rings. The average Bonchev–Trinajstić information content (AvgIpc) is 2.79. The van der Waals surface area contributed by atoms with E-state index in [2.05, 4.69) is 10.6 Å². The summed E-state index contributed by atoms with van der Waals surface area (Å²) in [6, 6.07) is 5.12. The standard InChI is InChI=1S/C28H45N3O6/c1-10-19(5)23(30-27(35)37-28(7,8)9)26(34)31(18(3)4)24(21-15-13-12-14-20(21)6)25(33)29-17-16-22(32)36-11-2/h12-15,18-19,23-24H,10-11,16-17H2,1-9H3,(H,29,33)(H,30,35). The van der Waals surface area contributed by atoms with Gasteiger partial charge in [-0.15, -0.1) is 0 Å². The molecule has 0 saturated heterocycles. The zero-order valence-electron chi connectivity index (χ0n) is 23.8. The molecule has 0 heterocycles. The molecular weight excluding hydrogens is 474 g/mol. The third-order valence-corrected chi connectivity index (χ3v) is 5.91. The summed E-state index contributed by atoms with van der Waals surface area (Å²) in [7, 11) is 0. The molecule has 0 saturated carbocycles. The molecule has 2 N–H and O–H groups in total. The van der Waals surface area contributed by atoms with Crippen LogP contribution in [0.25, 0.3) is 0 Å². The van der Waals surface area contributed by atoms with Crippen molar-refractivity contribution in [2.75, 3.05) is 13.2 Å². The molecule has 0 fully saturated rings. The second-order valence-electron chi connectivity index (χ2n) is 10.5. The Hall–Kier alpha value is -3.10. The third-order valence-electron chi connectivity index (χ3n) is 5.91. The van der Waals surface area contributed by atoms with Gasteiger partial charge in [0.25, 0.3) is 0 Å². The molecule has 37 heavy (non-hydrogen) atoms. The molecule has 1 rings (SSSR count). The predicted molar refractivity (Wildman–Crippen MR) is 143 cm³/mol. The molecule has 3 unspecified atom stereocenters. The van der Waals surface area contributed by atoms with Crippen molar-refractivity contribution in [3.63, 3.8) is 0 Å². The number of nitrogens with one attached hydrogen (secondary N) is 2. The molecule has 0 bridgehead atoms. The number of esters is 1. The predicted octanol–water partition coefficient (Wildman–Crippen LogP) is 4.28. The van der Waals surface area contributed by atoms with Crippen molar-refractivity contribution < 1.29 is 28.7 Å². The maximum atomic E-state index is 14.1. The third kappa shape index (κ3) is 10.1. The van der Waals surface area contributed by atoms with Gasteiger partial charge in [0.2, 0.25) is 11.8 Å². The summed E-state index contributed by atoms with van der Waals surface area (Å²) in [5.41, 5.74) is 0.776. The van der Waals surface area contributed by atoms with E-state index in [-0.39, 0.29) is 37.4 Å². The number of carbonyl (C=O) groups is 4. The summed E-state index contributed by atoms with van der Waals surface area (Å²) in [6.07, 6.45) is -0.0502. The van der Waals surface area contributed by atoms with Gasteiger partial charge in [-0.25, -0.2) is 4.79 Å². The Labute approximate surface area is 221 Å². The number of aryl methyl sites for hydroxylation is 1. The highest BCUT2D eigenvalue weighted by Crippen LogP contribution is 2.28. The first-order valence-corrected chi connectivity index (χ1v) is 13.0. The first-order chi connectivity index (χ1) is 17.2. The summed E-state index contributed by atoms with van der Waals surface area (Å²) in [4.78, 5) is 53.6. The largest absolute Gasteiger partial charge is 0.466 e. The Morgan fingerprint density at radius 3 is 2.16 bits per heavy atom. The van der Waals surface area contributed by atoms with Crippen molar-refractivity contribution in [1.29, 1.82) is 0 Å². The SMILES string of the molecule is CCOC(=O)CCNC(=O)C(c1ccccc1C)N(C(=O)C(NC(=O)OC(C)(C)C)C(C)CC)C(C)C. The highest BCUT2D eigenvalue weighted by atomic mass is 16.6. The Balaban J connectivity index is 3.41. The second kappa shape index (κ2) is 14.6. The number of carbonyl (C=O) groups excluding carboxylic acids is 4. The van der Waals surface area contributed by atoms with Crippen LogP contribution < -0.4 is 10.6 Å². The van der Waals surface area contributed by atoms with Crippen molar-refractivity contribution in [2.24, 2.45) is 5.92 Å². The van der Waals surface area contributed by atoms with Gasteiger partial charge in [-0.1, -0.05) is 44.5 Å². The van der Waals surface area contributed by atoms with E-state index < -0.39 is 35.7 Å². The van der Waals surface area contributed by atoms with E-state index in [9.17, 15) is 19.2 Å². The van der Waals surface area contributed by atoms with Crippen LogP contribution in [0.5, 0.6) is 0 Å². The monoisotopic (exact) mass is 519 g/mol. The van der Waals surface area contributed by atoms with Crippen molar-refractivity contribution in [2.45, 2.75) is 98.9 Å². The van der Waals surface area contributed by atoms with E-state index in [0.717, 1.165) is 5.56 Å². The van der Waals surface area contributed by atoms with E-state index >= 15 is 0 Å². The van der Waals surface area contributed by atoms with Gasteiger partial charge in [0.15, 0.2) is 0 Å². The summed E-state index contributed by atoms with van der Waals surface area (Å²) in [5.74, 6) is -1.43. The van der Waals surface area contributed by atoms with E-state index in [4.69, 9.17) is 9.47 Å². The molecule has 0 aliphatic heterocycles. The molecule has 0 aromatic heterocycles. The van der Waals surface area contributed by atoms with Crippen LogP contribution in [0.4, 0.5) is 4.79 Å². The summed E-state index contributed by atoms with van der Waals surface area (Å²) in [5, 5.41) is 5.54. The Morgan fingerprint density at radius 2 is 1.65 bits per heavy atom. The van der Waals surface area contributed by atoms with E-state index in [1.165, 1.54) is 4.90 Å². The number of benzene rings is 1. The van der Waals surface area contributed by atoms with Crippen molar-refractivity contribution in [1.82, 2.24) is 15.5 Å². The molecule has 1 aromatic rings. The van der Waals surface area contributed by atoms with Crippen LogP contribution in [0.3, 0.4) is 0 Å². The van der Waals surface area contributed by atoms with Crippen LogP contribution in [0.1, 0.15) is 85.4 Å². The van der Waals surface area contributed by atoms with Crippen LogP contribution in [-0.2, 0) is 23.9 Å². The van der Waals surface area contributed by atoms with Gasteiger partial charge in [0.05, 0.1) is 13.0 Å². The van der Waals surface area contributed by atoms with Gasteiger partial charge >= 0.3 is 12.1 Å². The topological polar surface area (TPSA) is 114 Å². The summed E-state index contributed by atoms with van der Waals surface area (Å²) < 4.78 is 10.4. The normalized spacial score (nSPS) is 13.8. The maximum absolute atomic E-state index is 14.1. The quantitative estimate of drug-likeness (QED) is 0.399. The summed E-state index contributed by atoms with van der Waals surface area (Å²) in [6.45, 7) is 16.7. The lowest BCUT2D eigenvalue weighted by atomic mass is 9.93. The smallest absolute Gasteiger partial charge is 0.408 e. The van der Waals surface area contributed by atoms with Crippen LogP contribution in [0, 0.1) is 12.8 Å². The molecule has 9 heteroatoms. The highest BCUT2D eigenvalue weighted by molar-refractivity contribution is 5.92. The molecule has 9 nitrogen and oxygen atoms in total. The second-order valence-corrected chi connectivity index (χ2v) is 10.5. The van der Waals surface area contributed by atoms with Gasteiger partial charge in [-0.2, -0.15) is 0 Å². The first kappa shape index (κ1) is 31.9. The van der Waals surface area contributed by atoms with Crippen LogP contribution in [0.2, 0.25) is 0 Å². The minimum absolute atomic E-state index is 0.0192. The molecule has 0 spiro atoms. The van der Waals surface area contributed by atoms with Crippen LogP contribution in [0.15, 0.2) is 24.3 Å². The van der Waals surface area contributed by atoms with Crippen LogP contribution >= 0.6 is 0 Å². The Kier molecular flexibility index (Phi) is 12.6. The van der Waals surface area contributed by atoms with Gasteiger partial charge in [-0.05, 0) is 65.5 Å². The Bertz CT molecular complexity index is 925. The lowest BCUT2D eigenvalue weighted by Crippen LogP contribution is -2.57. The number of rotatable bonds is 12. The lowest BCUT2D eigenvalue weighted by molar-refractivity contribution is -0.146. The number of amides is 3. The number of alkyl carbamates (subject to hydrolysis) is 1. The minimum Gasteiger partial charge on any atom is -0.466 e. The Morgan fingerprint density at radius 1 is 1.03 bits per heavy atom. The minimum atomic E-state index is -0.970. The molecular formula is C28H45N3O6. The molecule has 0 aliphatic carbocycles. The first-order valence-electron chi connectivity index (χ1n) is 13.0. The van der Waals surface area contributed by atoms with Crippen molar-refractivity contribution >= 4 is 23.9 Å². The number of hydrogen-bond acceptors (Lipinski definition) is 6. The maximum Gasteiger partial charge on any atom is 0.408 e. The fourth-order valence-electron chi connectivity index (χ4n) is 3.89. The molecule has 3 amide bonds. The van der Waals surface area contributed by atoms with Gasteiger partial charge < -0.3 is 25.0 Å². The number of hydrogen-bond donors (Lipinski definition) is 2. The zero-order chi connectivity index (χ0) is 28.3. The van der Waals surface area contributed by atoms with Gasteiger partial charge in [-0.3, -0.25) is 14.4 Å². The average molecular weight is 520 g/mol. The van der Waals surface area contributed by atoms with E-state index in [1.807, 2.05) is 58.9 Å². The molecule has 1 aromatic carbocycles. The number of nitrogens with zero attached hydrogens (tertiary/aromatic N) is 1. The van der Waals surface area contributed by atoms with Crippen molar-refractivity contribution in [3.8, 4) is 0 Å². The molecule has 0 radical (unpaired) electrons. The lowest BCUT2D eigenvalue weighted by Gasteiger charge is -2.39. The van der Waals surface area contributed by atoms with Gasteiger partial charge in [0, 0.05) is 12.6 Å². The van der Waals surface area contributed by atoms with Gasteiger partial charge in [0.1, 0.15) is 17.7 Å². The highest BCUT2D eigenvalue weighted by Gasteiger charge is 2.39. The van der Waals surface area contributed by atoms with E-state index in [0.29, 0.717) is 12.0 Å². The van der Waals surface area contributed by atoms with Crippen molar-refractivity contribution in [3.05, 3.63) is 35.4 Å². The molecule has 3 atom stereocenters. The fraction of sp³-hybridized carbons (Fsp3) is 0.643. The fourth-order valence-corrected chi connectivity index (χ4v) is 3.89. The van der Waals surface area contributed by atoms with E-state index in [1.54, 1.807) is 27.7 Å². The summed E-state index contributed by atoms with van der Waals surface area (Å²) >= 11 is 0. The zero-order valence-corrected chi connectivity index (χ0v) is 23.8.